The maximum atomic E-state index is 13.6. The van der Waals surface area contributed by atoms with Crippen molar-refractivity contribution in [2.45, 2.75) is 52.0 Å². The van der Waals surface area contributed by atoms with E-state index in [2.05, 4.69) is 15.6 Å². The molecule has 5 rings (SSSR count). The van der Waals surface area contributed by atoms with Gasteiger partial charge in [0.05, 0.1) is 19.3 Å². The maximum Gasteiger partial charge on any atom is 0.350 e. The minimum atomic E-state index is -0.673. The molecule has 0 saturated carbocycles. The number of carbonyl (C=O) groups excluding carboxylic acids is 3. The average molecular weight is 567 g/mol. The lowest BCUT2D eigenvalue weighted by molar-refractivity contribution is -0.140. The van der Waals surface area contributed by atoms with Gasteiger partial charge in [-0.2, -0.15) is 0 Å². The van der Waals surface area contributed by atoms with Crippen LogP contribution in [0, 0.1) is 6.92 Å². The number of benzene rings is 1. The number of esters is 1. The van der Waals surface area contributed by atoms with Crippen LogP contribution in [0.1, 0.15) is 54.5 Å². The van der Waals surface area contributed by atoms with Crippen LogP contribution in [-0.4, -0.2) is 77.4 Å². The first-order chi connectivity index (χ1) is 19.4. The van der Waals surface area contributed by atoms with Crippen molar-refractivity contribution in [3.05, 3.63) is 41.1 Å². The van der Waals surface area contributed by atoms with Gasteiger partial charge in [-0.25, -0.2) is 14.8 Å². The molecule has 1 atom stereocenters. The van der Waals surface area contributed by atoms with Crippen LogP contribution in [-0.2, 0) is 14.3 Å². The summed E-state index contributed by atoms with van der Waals surface area (Å²) in [6, 6.07) is 6.94. The minimum absolute atomic E-state index is 0.00931. The van der Waals surface area contributed by atoms with Crippen LogP contribution in [0.3, 0.4) is 0 Å². The van der Waals surface area contributed by atoms with E-state index in [4.69, 9.17) is 14.1 Å². The van der Waals surface area contributed by atoms with E-state index >= 15 is 0 Å². The largest absolute Gasteiger partial charge is 0.462 e. The van der Waals surface area contributed by atoms with Gasteiger partial charge in [-0.1, -0.05) is 11.3 Å². The lowest BCUT2D eigenvalue weighted by atomic mass is 10.1. The number of nitrogens with zero attached hydrogens (tertiary/aromatic N) is 4. The molecule has 2 aliphatic rings. The van der Waals surface area contributed by atoms with Crippen LogP contribution in [0.5, 0.6) is 0 Å². The molecule has 212 valence electrons. The number of furan rings is 1. The molecule has 1 aromatic carbocycles. The molecule has 0 aliphatic carbocycles. The lowest BCUT2D eigenvalue weighted by Gasteiger charge is -2.25. The third-order valence-corrected chi connectivity index (χ3v) is 7.82. The first kappa shape index (κ1) is 27.6. The predicted octanol–water partition coefficient (Wildman–Crippen LogP) is 4.26. The number of hydrogen-bond donors (Lipinski definition) is 2. The standard InChI is InChI=1S/C28H34N6O5S/c1-3-38-26(37)23-16-29-28(40-23)32-27(30-20-9-10-22-19(15-20)14-18(2)39-22)31-21-8-4-5-13-34(25(21)36)17-24(35)33-11-6-7-12-33/h9-10,14-16,21H,3-8,11-13,17H2,1-2H3,(H2,29,30,31,32). The van der Waals surface area contributed by atoms with Crippen LogP contribution in [0.2, 0.25) is 0 Å². The smallest absolute Gasteiger partial charge is 0.350 e. The summed E-state index contributed by atoms with van der Waals surface area (Å²) in [6.07, 6.45) is 5.65. The molecule has 0 spiro atoms. The van der Waals surface area contributed by atoms with Crippen molar-refractivity contribution in [2.24, 2.45) is 4.99 Å². The lowest BCUT2D eigenvalue weighted by Crippen LogP contribution is -2.45. The number of anilines is 2. The van der Waals surface area contributed by atoms with Crippen molar-refractivity contribution in [1.29, 1.82) is 0 Å². The molecule has 0 radical (unpaired) electrons. The molecular weight excluding hydrogens is 532 g/mol. The number of ether oxygens (including phenoxy) is 1. The van der Waals surface area contributed by atoms with Gasteiger partial charge in [0.1, 0.15) is 22.3 Å². The van der Waals surface area contributed by atoms with E-state index in [1.165, 1.54) is 6.20 Å². The zero-order chi connectivity index (χ0) is 28.1. The number of fused-ring (bicyclic) bond motifs is 1. The highest BCUT2D eigenvalue weighted by atomic mass is 32.1. The number of amides is 2. The molecule has 0 bridgehead atoms. The van der Waals surface area contributed by atoms with Crippen molar-refractivity contribution in [2.75, 3.05) is 43.4 Å². The van der Waals surface area contributed by atoms with E-state index < -0.39 is 12.0 Å². The van der Waals surface area contributed by atoms with Gasteiger partial charge < -0.3 is 29.6 Å². The Morgan fingerprint density at radius 2 is 1.95 bits per heavy atom. The number of aromatic nitrogens is 1. The van der Waals surface area contributed by atoms with Gasteiger partial charge in [0.25, 0.3) is 0 Å². The molecule has 2 aromatic heterocycles. The fraction of sp³-hybridized carbons (Fsp3) is 0.464. The third-order valence-electron chi connectivity index (χ3n) is 6.93. The summed E-state index contributed by atoms with van der Waals surface area (Å²) in [6.45, 7) is 6.02. The van der Waals surface area contributed by atoms with Crippen LogP contribution in [0.4, 0.5) is 10.8 Å². The second kappa shape index (κ2) is 12.5. The molecule has 2 N–H and O–H groups in total. The molecule has 2 amide bonds. The Kier molecular flexibility index (Phi) is 8.63. The first-order valence-corrected chi connectivity index (χ1v) is 14.5. The second-order valence-corrected chi connectivity index (χ2v) is 11.0. The Morgan fingerprint density at radius 1 is 1.15 bits per heavy atom. The fourth-order valence-corrected chi connectivity index (χ4v) is 5.67. The topological polar surface area (TPSA) is 129 Å². The number of aryl methyl sites for hydroxylation is 1. The van der Waals surface area contributed by atoms with Crippen molar-refractivity contribution in [3.8, 4) is 0 Å². The maximum absolute atomic E-state index is 13.6. The monoisotopic (exact) mass is 566 g/mol. The number of nitrogens with one attached hydrogen (secondary N) is 2. The van der Waals surface area contributed by atoms with Crippen molar-refractivity contribution >= 4 is 56.9 Å². The minimum Gasteiger partial charge on any atom is -0.462 e. The normalized spacial score (nSPS) is 18.2. The Bertz CT molecular complexity index is 1410. The van der Waals surface area contributed by atoms with Crippen LogP contribution in [0.15, 0.2) is 39.9 Å². The zero-order valence-electron chi connectivity index (χ0n) is 22.8. The number of thiazole rings is 1. The van der Waals surface area contributed by atoms with Gasteiger partial charge in [0.2, 0.25) is 17.8 Å². The van der Waals surface area contributed by atoms with Gasteiger partial charge in [-0.3, -0.25) is 9.59 Å². The number of aliphatic imine (C=N–C) groups is 1. The van der Waals surface area contributed by atoms with Crippen LogP contribution < -0.4 is 10.6 Å². The van der Waals surface area contributed by atoms with E-state index in [1.807, 2.05) is 36.1 Å². The number of rotatable bonds is 7. The Balaban J connectivity index is 1.39. The van der Waals surface area contributed by atoms with E-state index in [9.17, 15) is 14.4 Å². The Hall–Kier alpha value is -3.93. The molecule has 3 aromatic rings. The summed E-state index contributed by atoms with van der Waals surface area (Å²) in [4.78, 5) is 51.5. The first-order valence-electron chi connectivity index (χ1n) is 13.7. The second-order valence-electron chi connectivity index (χ2n) is 9.95. The number of carbonyl (C=O) groups is 3. The van der Waals surface area contributed by atoms with Crippen LogP contribution in [0.25, 0.3) is 11.0 Å². The quantitative estimate of drug-likeness (QED) is 0.247. The zero-order valence-corrected chi connectivity index (χ0v) is 23.6. The summed E-state index contributed by atoms with van der Waals surface area (Å²) in [7, 11) is 0. The van der Waals surface area contributed by atoms with Gasteiger partial charge in [0, 0.05) is 30.7 Å². The molecule has 40 heavy (non-hydrogen) atoms. The van der Waals surface area contributed by atoms with Gasteiger partial charge in [-0.15, -0.1) is 0 Å². The van der Waals surface area contributed by atoms with Crippen molar-refractivity contribution in [3.63, 3.8) is 0 Å². The summed E-state index contributed by atoms with van der Waals surface area (Å²) in [5.41, 5.74) is 1.51. The van der Waals surface area contributed by atoms with E-state index in [0.717, 1.165) is 72.5 Å². The van der Waals surface area contributed by atoms with E-state index in [1.54, 1.807) is 11.8 Å². The average Bonchev–Trinajstić information content (AvgIpc) is 3.68. The Labute approximate surface area is 236 Å². The molecule has 2 saturated heterocycles. The predicted molar refractivity (Wildman–Crippen MR) is 154 cm³/mol. The van der Waals surface area contributed by atoms with Gasteiger partial charge >= 0.3 is 5.97 Å². The molecule has 1 unspecified atom stereocenters. The van der Waals surface area contributed by atoms with E-state index in [0.29, 0.717) is 28.9 Å². The van der Waals surface area contributed by atoms with E-state index in [-0.39, 0.29) is 25.0 Å². The molecule has 2 aliphatic heterocycles. The number of hydrogen-bond acceptors (Lipinski definition) is 8. The van der Waals surface area contributed by atoms with Crippen LogP contribution >= 0.6 is 11.3 Å². The summed E-state index contributed by atoms with van der Waals surface area (Å²) < 4.78 is 10.8. The Morgan fingerprint density at radius 3 is 2.75 bits per heavy atom. The van der Waals surface area contributed by atoms with Crippen molar-refractivity contribution < 1.29 is 23.5 Å². The van der Waals surface area contributed by atoms with Gasteiger partial charge in [-0.05, 0) is 70.2 Å². The highest BCUT2D eigenvalue weighted by Crippen LogP contribution is 2.25. The highest BCUT2D eigenvalue weighted by molar-refractivity contribution is 7.17. The number of likely N-dealkylation sites (tertiary alicyclic amines) is 2. The van der Waals surface area contributed by atoms with Gasteiger partial charge in [0.15, 0.2) is 5.13 Å². The summed E-state index contributed by atoms with van der Waals surface area (Å²) >= 11 is 1.14. The molecule has 2 fully saturated rings. The molecule has 12 heteroatoms. The fourth-order valence-electron chi connectivity index (χ4n) is 4.96. The van der Waals surface area contributed by atoms with Crippen molar-refractivity contribution in [1.82, 2.24) is 14.8 Å². The SMILES string of the molecule is CCOC(=O)c1cnc(NC(=NC2CCCCN(CC(=O)N3CCCC3)C2=O)Nc2ccc3oc(C)cc3c2)s1. The highest BCUT2D eigenvalue weighted by Gasteiger charge is 2.30. The molecule has 4 heterocycles. The summed E-state index contributed by atoms with van der Waals surface area (Å²) in [5, 5.41) is 7.79. The third kappa shape index (κ3) is 6.61. The summed E-state index contributed by atoms with van der Waals surface area (Å²) in [5.74, 6) is 0.498. The number of guanidine groups is 1. The molecule has 11 nitrogen and oxygen atoms in total. The molecular formula is C28H34N6O5S.